The Morgan fingerprint density at radius 2 is 1.44 bits per heavy atom. The molecule has 1 aromatic heterocycles. The molecular formula is C22H17NO2S2. The van der Waals surface area contributed by atoms with Crippen molar-refractivity contribution in [2.45, 2.75) is 14.8 Å². The molecule has 3 aromatic carbocycles. The average Bonchev–Trinajstić information content (AvgIpc) is 3.08. The highest BCUT2D eigenvalue weighted by Crippen LogP contribution is 2.37. The molecule has 0 aliphatic heterocycles. The Morgan fingerprint density at radius 1 is 0.852 bits per heavy atom. The molecular weight excluding hydrogens is 374 g/mol. The van der Waals surface area contributed by atoms with Gasteiger partial charge in [-0.25, -0.2) is 4.21 Å². The Labute approximate surface area is 164 Å². The van der Waals surface area contributed by atoms with Crippen molar-refractivity contribution in [2.24, 2.45) is 0 Å². The van der Waals surface area contributed by atoms with Gasteiger partial charge in [-0.3, -0.25) is 9.36 Å². The van der Waals surface area contributed by atoms with Gasteiger partial charge in [-0.15, -0.1) is 11.8 Å². The number of hydrogen-bond donors (Lipinski definition) is 0. The van der Waals surface area contributed by atoms with Gasteiger partial charge in [0.05, 0.1) is 26.2 Å². The zero-order chi connectivity index (χ0) is 18.8. The summed E-state index contributed by atoms with van der Waals surface area (Å²) in [7, 11) is -1.38. The number of thioether (sulfide) groups is 1. The highest BCUT2D eigenvalue weighted by molar-refractivity contribution is 7.99. The van der Waals surface area contributed by atoms with Gasteiger partial charge in [0.25, 0.3) is 5.91 Å². The summed E-state index contributed by atoms with van der Waals surface area (Å²) in [6, 6.07) is 26.2. The van der Waals surface area contributed by atoms with E-state index in [1.165, 1.54) is 11.8 Å². The van der Waals surface area contributed by atoms with Crippen LogP contribution in [0.15, 0.2) is 99.7 Å². The quantitative estimate of drug-likeness (QED) is 0.448. The third-order valence-corrected chi connectivity index (χ3v) is 6.73. The largest absolute Gasteiger partial charge is 0.269 e. The summed E-state index contributed by atoms with van der Waals surface area (Å²) in [4.78, 5) is 14.7. The van der Waals surface area contributed by atoms with E-state index >= 15 is 0 Å². The molecule has 0 aliphatic carbocycles. The summed E-state index contributed by atoms with van der Waals surface area (Å²) >= 11 is 1.44. The molecule has 5 heteroatoms. The summed E-state index contributed by atoms with van der Waals surface area (Å²) in [5, 5.41) is 1.56. The number of hydrogen-bond acceptors (Lipinski definition) is 3. The second-order valence-corrected chi connectivity index (χ2v) is 8.16. The van der Waals surface area contributed by atoms with Gasteiger partial charge in [0.15, 0.2) is 0 Å². The summed E-state index contributed by atoms with van der Waals surface area (Å²) in [5.41, 5.74) is 1.38. The van der Waals surface area contributed by atoms with Crippen molar-refractivity contribution in [1.29, 1.82) is 0 Å². The van der Waals surface area contributed by atoms with E-state index in [-0.39, 0.29) is 5.91 Å². The van der Waals surface area contributed by atoms with Crippen LogP contribution in [0, 0.1) is 0 Å². The Morgan fingerprint density at radius 3 is 2.11 bits per heavy atom. The zero-order valence-electron chi connectivity index (χ0n) is 14.7. The van der Waals surface area contributed by atoms with Crippen molar-refractivity contribution >= 4 is 39.4 Å². The first kappa shape index (κ1) is 17.8. The number of carbonyl (C=O) groups is 1. The summed E-state index contributed by atoms with van der Waals surface area (Å²) in [5.74, 6) is -0.118. The van der Waals surface area contributed by atoms with Gasteiger partial charge in [-0.1, -0.05) is 54.6 Å². The first-order valence-corrected chi connectivity index (χ1v) is 10.8. The molecule has 1 unspecified atom stereocenters. The topological polar surface area (TPSA) is 39.1 Å². The minimum atomic E-state index is -1.38. The van der Waals surface area contributed by atoms with E-state index < -0.39 is 10.8 Å². The molecule has 0 saturated heterocycles. The third-order valence-electron chi connectivity index (χ3n) is 4.35. The van der Waals surface area contributed by atoms with Gasteiger partial charge >= 0.3 is 0 Å². The van der Waals surface area contributed by atoms with Crippen molar-refractivity contribution in [3.05, 3.63) is 90.5 Å². The van der Waals surface area contributed by atoms with E-state index in [0.29, 0.717) is 15.5 Å². The molecule has 0 spiro atoms. The molecule has 1 atom stereocenters. The normalized spacial score (nSPS) is 12.2. The van der Waals surface area contributed by atoms with E-state index in [9.17, 15) is 9.00 Å². The average molecular weight is 392 g/mol. The summed E-state index contributed by atoms with van der Waals surface area (Å²) in [6.07, 6.45) is 1.91. The Bertz CT molecular complexity index is 1050. The lowest BCUT2D eigenvalue weighted by atomic mass is 10.2. The number of aromatic nitrogens is 1. The van der Waals surface area contributed by atoms with Crippen LogP contribution in [0.5, 0.6) is 0 Å². The molecule has 0 bridgehead atoms. The van der Waals surface area contributed by atoms with Gasteiger partial charge in [0.1, 0.15) is 0 Å². The Hall–Kier alpha value is -2.63. The minimum Gasteiger partial charge on any atom is -0.269 e. The first-order valence-electron chi connectivity index (χ1n) is 8.46. The fourth-order valence-corrected chi connectivity index (χ4v) is 5.52. The molecule has 27 heavy (non-hydrogen) atoms. The standard InChI is InChI=1S/C22H17NO2S2/c1-26-22-20(27(25)17-12-6-3-7-13-17)18-14-8-9-15-19(18)23(22)21(24)16-10-4-2-5-11-16/h2-15H,1H3. The van der Waals surface area contributed by atoms with Crippen molar-refractivity contribution < 1.29 is 9.00 Å². The monoisotopic (exact) mass is 391 g/mol. The van der Waals surface area contributed by atoms with Crippen molar-refractivity contribution in [3.63, 3.8) is 0 Å². The van der Waals surface area contributed by atoms with Crippen molar-refractivity contribution in [2.75, 3.05) is 6.26 Å². The van der Waals surface area contributed by atoms with E-state index in [4.69, 9.17) is 0 Å². The van der Waals surface area contributed by atoms with Crippen LogP contribution in [-0.4, -0.2) is 20.9 Å². The fourth-order valence-electron chi connectivity index (χ4n) is 3.12. The predicted octanol–water partition coefficient (Wildman–Crippen LogP) is 5.22. The molecule has 0 saturated carbocycles. The van der Waals surface area contributed by atoms with Crippen LogP contribution in [0.1, 0.15) is 10.4 Å². The lowest BCUT2D eigenvalue weighted by molar-refractivity contribution is 0.0955. The summed E-state index contributed by atoms with van der Waals surface area (Å²) in [6.45, 7) is 0. The number of fused-ring (bicyclic) bond motifs is 1. The maximum absolute atomic E-state index is 13.4. The molecule has 0 N–H and O–H groups in total. The molecule has 3 nitrogen and oxygen atoms in total. The number of nitrogens with zero attached hydrogens (tertiary/aromatic N) is 1. The molecule has 4 rings (SSSR count). The van der Waals surface area contributed by atoms with Crippen LogP contribution in [-0.2, 0) is 10.8 Å². The maximum atomic E-state index is 13.4. The molecule has 0 radical (unpaired) electrons. The SMILES string of the molecule is CSc1c(S(=O)c2ccccc2)c2ccccc2n1C(=O)c1ccccc1. The maximum Gasteiger partial charge on any atom is 0.263 e. The van der Waals surface area contributed by atoms with Crippen LogP contribution in [0.4, 0.5) is 0 Å². The van der Waals surface area contributed by atoms with Crippen LogP contribution in [0.25, 0.3) is 10.9 Å². The van der Waals surface area contributed by atoms with Gasteiger partial charge < -0.3 is 0 Å². The highest BCUT2D eigenvalue weighted by Gasteiger charge is 2.25. The Kier molecular flexibility index (Phi) is 4.97. The molecule has 0 aliphatic rings. The minimum absolute atomic E-state index is 0.118. The molecule has 4 aromatic rings. The highest BCUT2D eigenvalue weighted by atomic mass is 32.2. The van der Waals surface area contributed by atoms with E-state index in [2.05, 4.69) is 0 Å². The molecule has 1 heterocycles. The van der Waals surface area contributed by atoms with E-state index in [1.54, 1.807) is 16.7 Å². The van der Waals surface area contributed by atoms with Crippen LogP contribution < -0.4 is 0 Å². The second-order valence-electron chi connectivity index (χ2n) is 5.94. The third kappa shape index (κ3) is 3.13. The lowest BCUT2D eigenvalue weighted by Crippen LogP contribution is -2.13. The van der Waals surface area contributed by atoms with Crippen molar-refractivity contribution in [1.82, 2.24) is 4.57 Å². The van der Waals surface area contributed by atoms with Crippen LogP contribution in [0.3, 0.4) is 0 Å². The number of rotatable bonds is 4. The lowest BCUT2D eigenvalue weighted by Gasteiger charge is -2.09. The van der Waals surface area contributed by atoms with E-state index in [0.717, 1.165) is 15.8 Å². The zero-order valence-corrected chi connectivity index (χ0v) is 16.3. The van der Waals surface area contributed by atoms with Gasteiger partial charge in [-0.2, -0.15) is 0 Å². The van der Waals surface area contributed by atoms with Crippen LogP contribution in [0.2, 0.25) is 0 Å². The predicted molar refractivity (Wildman–Crippen MR) is 111 cm³/mol. The number of carbonyl (C=O) groups excluding carboxylic acids is 1. The molecule has 0 fully saturated rings. The fraction of sp³-hybridized carbons (Fsp3) is 0.0455. The Balaban J connectivity index is 1.99. The van der Waals surface area contributed by atoms with E-state index in [1.807, 2.05) is 79.1 Å². The smallest absolute Gasteiger partial charge is 0.263 e. The number of para-hydroxylation sites is 1. The molecule has 134 valence electrons. The first-order chi connectivity index (χ1) is 13.2. The van der Waals surface area contributed by atoms with Gasteiger partial charge in [-0.05, 0) is 36.6 Å². The van der Waals surface area contributed by atoms with Gasteiger partial charge in [0.2, 0.25) is 0 Å². The van der Waals surface area contributed by atoms with Gasteiger partial charge in [0, 0.05) is 15.8 Å². The van der Waals surface area contributed by atoms with Crippen LogP contribution >= 0.6 is 11.8 Å². The summed E-state index contributed by atoms with van der Waals surface area (Å²) < 4.78 is 15.1. The molecule has 0 amide bonds. The number of benzene rings is 3. The second kappa shape index (κ2) is 7.55. The van der Waals surface area contributed by atoms with Crippen molar-refractivity contribution in [3.8, 4) is 0 Å².